The van der Waals surface area contributed by atoms with E-state index < -0.39 is 0 Å². The van der Waals surface area contributed by atoms with Crippen molar-refractivity contribution in [3.63, 3.8) is 0 Å². The van der Waals surface area contributed by atoms with E-state index in [0.29, 0.717) is 16.0 Å². The second-order valence-corrected chi connectivity index (χ2v) is 8.22. The summed E-state index contributed by atoms with van der Waals surface area (Å²) in [7, 11) is 0. The molecule has 0 saturated heterocycles. The van der Waals surface area contributed by atoms with Crippen LogP contribution in [0.3, 0.4) is 0 Å². The van der Waals surface area contributed by atoms with Gasteiger partial charge in [0.25, 0.3) is 0 Å². The molecule has 0 unspecified atom stereocenters. The number of thioether (sulfide) groups is 2. The number of hydrogen-bond donors (Lipinski definition) is 0. The van der Waals surface area contributed by atoms with E-state index in [-0.39, 0.29) is 16.7 Å². The fourth-order valence-electron chi connectivity index (χ4n) is 2.60. The molecule has 0 amide bonds. The largest absolute Gasteiger partial charge is 0.274 e. The minimum Gasteiger partial charge on any atom is -0.274 e. The number of halogens is 1. The second-order valence-electron chi connectivity index (χ2n) is 5.74. The Bertz CT molecular complexity index is 930. The molecule has 0 bridgehead atoms. The summed E-state index contributed by atoms with van der Waals surface area (Å²) in [5, 5.41) is 20.5. The van der Waals surface area contributed by atoms with E-state index in [0.717, 1.165) is 16.1 Å². The van der Waals surface area contributed by atoms with Crippen LogP contribution in [0.2, 0.25) is 5.02 Å². The predicted molar refractivity (Wildman–Crippen MR) is 110 cm³/mol. The van der Waals surface area contributed by atoms with Gasteiger partial charge in [-0.2, -0.15) is 0 Å². The third-order valence-corrected chi connectivity index (χ3v) is 6.11. The van der Waals surface area contributed by atoms with Crippen LogP contribution in [0, 0.1) is 17.0 Å². The molecule has 27 heavy (non-hydrogen) atoms. The van der Waals surface area contributed by atoms with E-state index in [4.69, 9.17) is 11.6 Å². The lowest BCUT2D eigenvalue weighted by atomic mass is 10.1. The van der Waals surface area contributed by atoms with Gasteiger partial charge in [-0.05, 0) is 55.1 Å². The fraction of sp³-hybridized carbons (Fsp3) is 0.222. The second kappa shape index (κ2) is 8.77. The van der Waals surface area contributed by atoms with Crippen molar-refractivity contribution in [3.05, 3.63) is 75.1 Å². The normalized spacial score (nSPS) is 12.1. The van der Waals surface area contributed by atoms with Crippen LogP contribution in [0.4, 0.5) is 0 Å². The Morgan fingerprint density at radius 1 is 1.15 bits per heavy atom. The van der Waals surface area contributed by atoms with Gasteiger partial charge in [-0.3, -0.25) is 14.7 Å². The molecule has 0 aliphatic carbocycles. The summed E-state index contributed by atoms with van der Waals surface area (Å²) in [5.74, 6) is 0.706. The Hall–Kier alpha value is -2.03. The van der Waals surface area contributed by atoms with Crippen molar-refractivity contribution in [1.29, 1.82) is 0 Å². The maximum absolute atomic E-state index is 11.2. The van der Waals surface area contributed by atoms with Crippen molar-refractivity contribution in [3.8, 4) is 5.69 Å². The molecular formula is C18H17ClN4O2S2. The molecule has 1 heterocycles. The van der Waals surface area contributed by atoms with E-state index in [1.54, 1.807) is 23.9 Å². The summed E-state index contributed by atoms with van der Waals surface area (Å²) in [5.41, 5.74) is 1.75. The molecule has 9 heteroatoms. The predicted octanol–water partition coefficient (Wildman–Crippen LogP) is 5.06. The third kappa shape index (κ3) is 4.82. The van der Waals surface area contributed by atoms with Crippen LogP contribution in [0.25, 0.3) is 5.69 Å². The molecule has 1 aromatic heterocycles. The Kier molecular flexibility index (Phi) is 6.41. The first-order valence-electron chi connectivity index (χ1n) is 8.08. The van der Waals surface area contributed by atoms with Gasteiger partial charge in [-0.15, -0.1) is 22.0 Å². The number of benzene rings is 2. The van der Waals surface area contributed by atoms with Crippen molar-refractivity contribution >= 4 is 35.1 Å². The van der Waals surface area contributed by atoms with Gasteiger partial charge in [-0.25, -0.2) is 0 Å². The summed E-state index contributed by atoms with van der Waals surface area (Å²) in [6, 6.07) is 15.1. The van der Waals surface area contributed by atoms with Gasteiger partial charge in [0.1, 0.15) is 11.1 Å². The number of rotatable bonds is 7. The number of aryl methyl sites for hydroxylation is 1. The van der Waals surface area contributed by atoms with Gasteiger partial charge >= 0.3 is 0 Å². The van der Waals surface area contributed by atoms with Gasteiger partial charge < -0.3 is 0 Å². The quantitative estimate of drug-likeness (QED) is 0.302. The van der Waals surface area contributed by atoms with Crippen molar-refractivity contribution in [2.45, 2.75) is 22.2 Å². The maximum atomic E-state index is 11.2. The lowest BCUT2D eigenvalue weighted by Crippen LogP contribution is -2.11. The zero-order valence-electron chi connectivity index (χ0n) is 14.7. The van der Waals surface area contributed by atoms with Crippen molar-refractivity contribution in [1.82, 2.24) is 14.8 Å². The highest BCUT2D eigenvalue weighted by molar-refractivity contribution is 7.99. The highest BCUT2D eigenvalue weighted by Crippen LogP contribution is 2.36. The van der Waals surface area contributed by atoms with Crippen LogP contribution in [0.15, 0.2) is 58.6 Å². The highest BCUT2D eigenvalue weighted by Gasteiger charge is 2.23. The van der Waals surface area contributed by atoms with Crippen molar-refractivity contribution in [2.75, 3.05) is 12.8 Å². The monoisotopic (exact) mass is 420 g/mol. The Labute approximate surface area is 170 Å². The molecule has 140 valence electrons. The molecule has 0 aliphatic rings. The minimum atomic E-state index is -0.370. The molecule has 2 aromatic carbocycles. The number of nitrogens with zero attached hydrogens (tertiary/aromatic N) is 4. The van der Waals surface area contributed by atoms with E-state index in [1.165, 1.54) is 11.8 Å². The molecule has 1 atom stereocenters. The van der Waals surface area contributed by atoms with Gasteiger partial charge in [0, 0.05) is 20.5 Å². The van der Waals surface area contributed by atoms with Gasteiger partial charge in [0.15, 0.2) is 5.16 Å². The van der Waals surface area contributed by atoms with Crippen LogP contribution >= 0.6 is 35.1 Å². The molecule has 3 rings (SSSR count). The summed E-state index contributed by atoms with van der Waals surface area (Å²) < 4.78 is 1.88. The maximum Gasteiger partial charge on any atom is 0.220 e. The number of hydrogen-bond acceptors (Lipinski definition) is 6. The molecule has 0 aliphatic heterocycles. The SMILES string of the molecule is CSc1ccc([C@@H](C[N+](=O)[O-])Sc2nnc(C)n2-c2ccc(Cl)cc2)cc1. The molecule has 0 spiro atoms. The zero-order chi connectivity index (χ0) is 19.4. The topological polar surface area (TPSA) is 73.8 Å². The summed E-state index contributed by atoms with van der Waals surface area (Å²) >= 11 is 8.95. The first kappa shape index (κ1) is 19.7. The first-order valence-corrected chi connectivity index (χ1v) is 10.6. The minimum absolute atomic E-state index is 0.199. The highest BCUT2D eigenvalue weighted by atomic mass is 35.5. The average molecular weight is 421 g/mol. The molecule has 0 radical (unpaired) electrons. The van der Waals surface area contributed by atoms with Crippen LogP contribution in [-0.2, 0) is 0 Å². The lowest BCUT2D eigenvalue weighted by molar-refractivity contribution is -0.479. The fourth-order valence-corrected chi connectivity index (χ4v) is 4.31. The summed E-state index contributed by atoms with van der Waals surface area (Å²) in [4.78, 5) is 12.0. The van der Waals surface area contributed by atoms with Gasteiger partial charge in [0.05, 0.1) is 0 Å². The number of nitro groups is 1. The average Bonchev–Trinajstić information content (AvgIpc) is 3.02. The van der Waals surface area contributed by atoms with Crippen molar-refractivity contribution in [2.24, 2.45) is 0 Å². The standard InChI is InChI=1S/C18H17ClN4O2S2/c1-12-20-21-18(23(12)15-7-5-14(19)6-8-15)27-17(11-22(24)25)13-3-9-16(26-2)10-4-13/h3-10,17H,11H2,1-2H3/t17-/m1/s1. The Balaban J connectivity index is 1.94. The van der Waals surface area contributed by atoms with E-state index in [9.17, 15) is 10.1 Å². The van der Waals surface area contributed by atoms with Crippen LogP contribution in [0.5, 0.6) is 0 Å². The molecule has 3 aromatic rings. The first-order chi connectivity index (χ1) is 13.0. The summed E-state index contributed by atoms with van der Waals surface area (Å²) in [6.45, 7) is 1.65. The van der Waals surface area contributed by atoms with Crippen molar-refractivity contribution < 1.29 is 4.92 Å². The Morgan fingerprint density at radius 2 is 1.81 bits per heavy atom. The van der Waals surface area contributed by atoms with Gasteiger partial charge in [0.2, 0.25) is 6.54 Å². The van der Waals surface area contributed by atoms with Crippen LogP contribution in [-0.4, -0.2) is 32.5 Å². The van der Waals surface area contributed by atoms with E-state index >= 15 is 0 Å². The third-order valence-electron chi connectivity index (χ3n) is 3.93. The molecule has 6 nitrogen and oxygen atoms in total. The van der Waals surface area contributed by atoms with E-state index in [1.807, 2.05) is 54.1 Å². The molecule has 0 fully saturated rings. The smallest absolute Gasteiger partial charge is 0.220 e. The van der Waals surface area contributed by atoms with Crippen LogP contribution < -0.4 is 0 Å². The van der Waals surface area contributed by atoms with Gasteiger partial charge in [-0.1, -0.05) is 35.5 Å². The zero-order valence-corrected chi connectivity index (χ0v) is 17.1. The molecular weight excluding hydrogens is 404 g/mol. The van der Waals surface area contributed by atoms with Crippen LogP contribution in [0.1, 0.15) is 16.6 Å². The molecule has 0 N–H and O–H groups in total. The lowest BCUT2D eigenvalue weighted by Gasteiger charge is -2.14. The summed E-state index contributed by atoms with van der Waals surface area (Å²) in [6.07, 6.45) is 2.00. The van der Waals surface area contributed by atoms with E-state index in [2.05, 4.69) is 10.2 Å². The number of aromatic nitrogens is 3. The molecule has 0 saturated carbocycles. The Morgan fingerprint density at radius 3 is 2.41 bits per heavy atom.